The zero-order valence-electron chi connectivity index (χ0n) is 20.4. The normalized spacial score (nSPS) is 17.9. The molecule has 3 N–H and O–H groups in total. The number of benzene rings is 1. The van der Waals surface area contributed by atoms with Gasteiger partial charge in [-0.05, 0) is 25.0 Å². The van der Waals surface area contributed by atoms with Gasteiger partial charge in [0.25, 0.3) is 0 Å². The van der Waals surface area contributed by atoms with E-state index in [1.165, 1.54) is 6.33 Å². The van der Waals surface area contributed by atoms with Crippen LogP contribution in [0.1, 0.15) is 24.8 Å². The van der Waals surface area contributed by atoms with Gasteiger partial charge in [0.2, 0.25) is 5.91 Å². The highest BCUT2D eigenvalue weighted by Gasteiger charge is 2.18. The van der Waals surface area contributed by atoms with Crippen LogP contribution in [-0.2, 0) is 9.53 Å². The molecule has 2 aliphatic rings. The second kappa shape index (κ2) is 10.8. The highest BCUT2D eigenvalue weighted by Crippen LogP contribution is 2.34. The second-order valence-electron chi connectivity index (χ2n) is 8.89. The zero-order valence-corrected chi connectivity index (χ0v) is 20.4. The van der Waals surface area contributed by atoms with Gasteiger partial charge in [-0.1, -0.05) is 0 Å². The van der Waals surface area contributed by atoms with Gasteiger partial charge < -0.3 is 34.7 Å². The number of anilines is 2. The third-order valence-corrected chi connectivity index (χ3v) is 6.43. The fourth-order valence-electron chi connectivity index (χ4n) is 4.44. The summed E-state index contributed by atoms with van der Waals surface area (Å²) in [5.74, 6) is 1.37. The van der Waals surface area contributed by atoms with E-state index in [0.29, 0.717) is 79.6 Å². The molecule has 2 bridgehead atoms. The van der Waals surface area contributed by atoms with Crippen LogP contribution in [0.3, 0.4) is 0 Å². The average molecular weight is 494 g/mol. The second-order valence-corrected chi connectivity index (χ2v) is 8.89. The van der Waals surface area contributed by atoms with E-state index in [0.717, 1.165) is 25.2 Å². The number of fused-ring (bicyclic) bond motifs is 2. The minimum atomic E-state index is -0.0292. The standard InChI is InChI=1S/C25H31N7O4/c1-31-8-3-7-26-23-22-18(25(34)30-24(22)29-16-28-23)15-27-17-5-6-19(32-9-12-35-13-10-32)20(14-17)36-11-2-4-21(31)33/h5-6,14-16,34H,2-4,7-13H2,1H3,(H2,26,28,29,30). The van der Waals surface area contributed by atoms with Crippen LogP contribution >= 0.6 is 0 Å². The van der Waals surface area contributed by atoms with Crippen molar-refractivity contribution in [2.75, 3.05) is 63.3 Å². The molecule has 11 nitrogen and oxygen atoms in total. The Labute approximate surface area is 209 Å². The first-order chi connectivity index (χ1) is 17.6. The molecule has 3 aromatic rings. The average Bonchev–Trinajstić information content (AvgIpc) is 3.23. The molecule has 2 aliphatic heterocycles. The molecular formula is C25H31N7O4. The van der Waals surface area contributed by atoms with E-state index in [9.17, 15) is 9.90 Å². The van der Waals surface area contributed by atoms with Gasteiger partial charge >= 0.3 is 0 Å². The summed E-state index contributed by atoms with van der Waals surface area (Å²) in [6.07, 6.45) is 4.85. The number of amides is 1. The molecule has 11 heteroatoms. The first-order valence-electron chi connectivity index (χ1n) is 12.3. The number of nitrogens with one attached hydrogen (secondary N) is 2. The monoisotopic (exact) mass is 493 g/mol. The molecule has 0 unspecified atom stereocenters. The molecule has 0 radical (unpaired) electrons. The van der Waals surface area contributed by atoms with Crippen molar-refractivity contribution in [2.24, 2.45) is 4.99 Å². The highest BCUT2D eigenvalue weighted by atomic mass is 16.5. The molecule has 36 heavy (non-hydrogen) atoms. The number of H-pyrrole nitrogens is 1. The van der Waals surface area contributed by atoms with Crippen molar-refractivity contribution in [3.63, 3.8) is 0 Å². The van der Waals surface area contributed by atoms with Crippen LogP contribution in [-0.4, -0.2) is 90.1 Å². The fourth-order valence-corrected chi connectivity index (χ4v) is 4.44. The van der Waals surface area contributed by atoms with Gasteiger partial charge in [-0.2, -0.15) is 0 Å². The summed E-state index contributed by atoms with van der Waals surface area (Å²) < 4.78 is 11.7. The number of carbonyl (C=O) groups is 1. The summed E-state index contributed by atoms with van der Waals surface area (Å²) in [7, 11) is 1.82. The molecule has 5 rings (SSSR count). The van der Waals surface area contributed by atoms with E-state index in [1.807, 2.05) is 25.2 Å². The van der Waals surface area contributed by atoms with Crippen LogP contribution in [0, 0.1) is 0 Å². The summed E-state index contributed by atoms with van der Waals surface area (Å²) in [6.45, 7) is 4.55. The minimum Gasteiger partial charge on any atom is -0.494 e. The number of nitrogens with zero attached hydrogens (tertiary/aromatic N) is 5. The summed E-state index contributed by atoms with van der Waals surface area (Å²) in [5.41, 5.74) is 2.67. The number of carbonyl (C=O) groups excluding carboxylic acids is 1. The Morgan fingerprint density at radius 2 is 1.94 bits per heavy atom. The lowest BCUT2D eigenvalue weighted by Crippen LogP contribution is -2.36. The summed E-state index contributed by atoms with van der Waals surface area (Å²) in [6, 6.07) is 5.81. The molecule has 0 aliphatic carbocycles. The van der Waals surface area contributed by atoms with Crippen LogP contribution in [0.2, 0.25) is 0 Å². The number of hydrogen-bond donors (Lipinski definition) is 3. The lowest BCUT2D eigenvalue weighted by molar-refractivity contribution is -0.130. The topological polar surface area (TPSA) is 128 Å². The Morgan fingerprint density at radius 1 is 1.08 bits per heavy atom. The van der Waals surface area contributed by atoms with Crippen molar-refractivity contribution in [2.45, 2.75) is 19.3 Å². The number of hydrogen-bond acceptors (Lipinski definition) is 9. The lowest BCUT2D eigenvalue weighted by Gasteiger charge is -2.30. The minimum absolute atomic E-state index is 0.0292. The third-order valence-electron chi connectivity index (χ3n) is 6.43. The molecule has 4 heterocycles. The van der Waals surface area contributed by atoms with Gasteiger partial charge in [0.15, 0.2) is 5.88 Å². The fraction of sp³-hybridized carbons (Fsp3) is 0.440. The van der Waals surface area contributed by atoms with Gasteiger partial charge in [0.1, 0.15) is 23.5 Å². The largest absolute Gasteiger partial charge is 0.494 e. The van der Waals surface area contributed by atoms with Crippen molar-refractivity contribution in [1.82, 2.24) is 19.9 Å². The van der Waals surface area contributed by atoms with Crippen molar-refractivity contribution in [1.29, 1.82) is 0 Å². The first-order valence-corrected chi connectivity index (χ1v) is 12.3. The molecule has 1 amide bonds. The van der Waals surface area contributed by atoms with Crippen molar-refractivity contribution < 1.29 is 19.4 Å². The van der Waals surface area contributed by atoms with E-state index in [-0.39, 0.29) is 11.8 Å². The molecule has 0 atom stereocenters. The maximum atomic E-state index is 12.6. The lowest BCUT2D eigenvalue weighted by atomic mass is 10.2. The first kappa shape index (κ1) is 23.9. The number of rotatable bonds is 1. The molecule has 1 fully saturated rings. The van der Waals surface area contributed by atoms with Crippen LogP contribution in [0.5, 0.6) is 11.6 Å². The number of aromatic hydroxyl groups is 1. The highest BCUT2D eigenvalue weighted by molar-refractivity contribution is 6.06. The summed E-state index contributed by atoms with van der Waals surface area (Å²) in [5, 5.41) is 14.5. The molecule has 190 valence electrons. The van der Waals surface area contributed by atoms with Gasteiger partial charge in [-0.3, -0.25) is 9.79 Å². The van der Waals surface area contributed by atoms with E-state index < -0.39 is 0 Å². The number of morpholine rings is 1. The van der Waals surface area contributed by atoms with Gasteiger partial charge in [0.05, 0.1) is 42.1 Å². The molecule has 0 spiro atoms. The van der Waals surface area contributed by atoms with E-state index >= 15 is 0 Å². The Kier molecular flexibility index (Phi) is 7.17. The zero-order chi connectivity index (χ0) is 24.9. The molecule has 1 aromatic carbocycles. The van der Waals surface area contributed by atoms with E-state index in [2.05, 4.69) is 30.2 Å². The molecular weight excluding hydrogens is 462 g/mol. The molecule has 0 saturated carbocycles. The van der Waals surface area contributed by atoms with E-state index in [1.54, 1.807) is 11.1 Å². The Morgan fingerprint density at radius 3 is 2.81 bits per heavy atom. The van der Waals surface area contributed by atoms with Crippen LogP contribution in [0.25, 0.3) is 11.0 Å². The van der Waals surface area contributed by atoms with Gasteiger partial charge in [-0.15, -0.1) is 0 Å². The number of aromatic nitrogens is 3. The number of ether oxygens (including phenoxy) is 2. The van der Waals surface area contributed by atoms with Gasteiger partial charge in [0, 0.05) is 51.9 Å². The van der Waals surface area contributed by atoms with E-state index in [4.69, 9.17) is 9.47 Å². The van der Waals surface area contributed by atoms with Crippen LogP contribution < -0.4 is 15.0 Å². The van der Waals surface area contributed by atoms with Gasteiger partial charge in [-0.25, -0.2) is 9.97 Å². The Bertz CT molecular complexity index is 1250. The van der Waals surface area contributed by atoms with Crippen molar-refractivity contribution >= 4 is 40.3 Å². The predicted molar refractivity (Wildman–Crippen MR) is 138 cm³/mol. The number of aliphatic imine (C=N–C) groups is 1. The summed E-state index contributed by atoms with van der Waals surface area (Å²) in [4.78, 5) is 32.7. The molecule has 1 saturated heterocycles. The van der Waals surface area contributed by atoms with Crippen molar-refractivity contribution in [3.05, 3.63) is 30.1 Å². The Hall–Kier alpha value is -3.86. The smallest absolute Gasteiger partial charge is 0.222 e. The SMILES string of the molecule is CN1CCCNc2ncnc3[nH]c(O)c(c23)C=Nc2ccc(N3CCOCC3)c(c2)OCCCC1=O. The predicted octanol–water partition coefficient (Wildman–Crippen LogP) is 2.68. The quantitative estimate of drug-likeness (QED) is 0.472. The number of aromatic amines is 1. The Balaban J connectivity index is 1.51. The summed E-state index contributed by atoms with van der Waals surface area (Å²) >= 11 is 0. The molecule has 2 aromatic heterocycles. The van der Waals surface area contributed by atoms with Crippen LogP contribution in [0.4, 0.5) is 17.2 Å². The third kappa shape index (κ3) is 5.20. The van der Waals surface area contributed by atoms with Crippen LogP contribution in [0.15, 0.2) is 29.5 Å². The van der Waals surface area contributed by atoms with Crippen molar-refractivity contribution in [3.8, 4) is 11.6 Å². The maximum Gasteiger partial charge on any atom is 0.222 e. The maximum absolute atomic E-state index is 12.6.